The minimum Gasteiger partial charge on any atom is -0.497 e. The van der Waals surface area contributed by atoms with Crippen LogP contribution in [0.2, 0.25) is 0 Å². The first-order chi connectivity index (χ1) is 13.6. The highest BCUT2D eigenvalue weighted by molar-refractivity contribution is 5.72. The SMILES string of the molecule is COc1cccc([C@@H](C)NCc2ccc(OC)c(-c3cccc(C#N)c3)c2)c1. The molecule has 0 aliphatic carbocycles. The Morgan fingerprint density at radius 1 is 0.964 bits per heavy atom. The van der Waals surface area contributed by atoms with Crippen LogP contribution in [0, 0.1) is 11.3 Å². The van der Waals surface area contributed by atoms with Gasteiger partial charge >= 0.3 is 0 Å². The number of benzene rings is 3. The molecule has 0 bridgehead atoms. The van der Waals surface area contributed by atoms with Crippen LogP contribution in [0.15, 0.2) is 66.7 Å². The Kier molecular flexibility index (Phi) is 6.31. The molecule has 0 aliphatic heterocycles. The molecular formula is C24H24N2O2. The van der Waals surface area contributed by atoms with Crippen LogP contribution >= 0.6 is 0 Å². The molecule has 0 saturated heterocycles. The molecule has 4 heteroatoms. The van der Waals surface area contributed by atoms with E-state index in [1.807, 2.05) is 42.5 Å². The van der Waals surface area contributed by atoms with Crippen LogP contribution in [0.5, 0.6) is 11.5 Å². The fourth-order valence-electron chi connectivity index (χ4n) is 3.15. The second kappa shape index (κ2) is 9.07. The summed E-state index contributed by atoms with van der Waals surface area (Å²) >= 11 is 0. The van der Waals surface area contributed by atoms with E-state index in [0.29, 0.717) is 12.1 Å². The third kappa shape index (κ3) is 4.51. The van der Waals surface area contributed by atoms with Gasteiger partial charge in [-0.05, 0) is 60.0 Å². The van der Waals surface area contributed by atoms with Crippen molar-refractivity contribution in [3.05, 3.63) is 83.4 Å². The third-order valence-electron chi connectivity index (χ3n) is 4.77. The normalized spacial score (nSPS) is 11.5. The summed E-state index contributed by atoms with van der Waals surface area (Å²) in [6.45, 7) is 2.85. The predicted molar refractivity (Wildman–Crippen MR) is 111 cm³/mol. The summed E-state index contributed by atoms with van der Waals surface area (Å²) in [4.78, 5) is 0. The lowest BCUT2D eigenvalue weighted by molar-refractivity contribution is 0.413. The van der Waals surface area contributed by atoms with Gasteiger partial charge in [0.15, 0.2) is 0 Å². The molecule has 1 N–H and O–H groups in total. The van der Waals surface area contributed by atoms with Crippen molar-refractivity contribution in [2.24, 2.45) is 0 Å². The second-order valence-electron chi connectivity index (χ2n) is 6.61. The molecule has 0 aromatic heterocycles. The zero-order valence-electron chi connectivity index (χ0n) is 16.4. The molecular weight excluding hydrogens is 348 g/mol. The van der Waals surface area contributed by atoms with Gasteiger partial charge in [-0.1, -0.05) is 30.3 Å². The predicted octanol–water partition coefficient (Wildman–Crippen LogP) is 5.09. The average Bonchev–Trinajstić information content (AvgIpc) is 2.77. The quantitative estimate of drug-likeness (QED) is 0.627. The minimum absolute atomic E-state index is 0.183. The van der Waals surface area contributed by atoms with Gasteiger partial charge in [0.1, 0.15) is 11.5 Å². The lowest BCUT2D eigenvalue weighted by Gasteiger charge is -2.16. The largest absolute Gasteiger partial charge is 0.497 e. The maximum absolute atomic E-state index is 9.18. The molecule has 0 saturated carbocycles. The van der Waals surface area contributed by atoms with Gasteiger partial charge in [-0.25, -0.2) is 0 Å². The van der Waals surface area contributed by atoms with Crippen molar-refractivity contribution in [3.63, 3.8) is 0 Å². The molecule has 3 rings (SSSR count). The standard InChI is InChI=1S/C24H24N2O2/c1-17(20-7-5-9-22(14-20)27-2)26-16-19-10-11-24(28-3)23(13-19)21-8-4-6-18(12-21)15-25/h4-14,17,26H,16H2,1-3H3/t17-/m1/s1. The fourth-order valence-corrected chi connectivity index (χ4v) is 3.15. The van der Waals surface area contributed by atoms with Crippen molar-refractivity contribution >= 4 is 0 Å². The summed E-state index contributed by atoms with van der Waals surface area (Å²) in [6.07, 6.45) is 0. The molecule has 28 heavy (non-hydrogen) atoms. The molecule has 0 unspecified atom stereocenters. The van der Waals surface area contributed by atoms with Gasteiger partial charge in [0.05, 0.1) is 25.9 Å². The Balaban J connectivity index is 1.80. The van der Waals surface area contributed by atoms with Crippen LogP contribution in [-0.2, 0) is 6.54 Å². The van der Waals surface area contributed by atoms with E-state index in [2.05, 4.69) is 36.5 Å². The number of hydrogen-bond acceptors (Lipinski definition) is 4. The highest BCUT2D eigenvalue weighted by Crippen LogP contribution is 2.31. The van der Waals surface area contributed by atoms with Crippen LogP contribution in [0.1, 0.15) is 29.7 Å². The molecule has 0 aliphatic rings. The van der Waals surface area contributed by atoms with Crippen molar-refractivity contribution in [3.8, 4) is 28.7 Å². The number of methoxy groups -OCH3 is 2. The molecule has 4 nitrogen and oxygen atoms in total. The summed E-state index contributed by atoms with van der Waals surface area (Å²) in [5.74, 6) is 1.65. The van der Waals surface area contributed by atoms with E-state index in [1.165, 1.54) is 5.56 Å². The number of nitrogens with one attached hydrogen (secondary N) is 1. The number of nitriles is 1. The first-order valence-corrected chi connectivity index (χ1v) is 9.19. The summed E-state index contributed by atoms with van der Waals surface area (Å²) in [7, 11) is 3.34. The number of hydrogen-bond donors (Lipinski definition) is 1. The lowest BCUT2D eigenvalue weighted by atomic mass is 10.00. The molecule has 142 valence electrons. The molecule has 0 radical (unpaired) electrons. The van der Waals surface area contributed by atoms with Crippen molar-refractivity contribution in [1.82, 2.24) is 5.32 Å². The Hall–Kier alpha value is -3.29. The maximum atomic E-state index is 9.18. The van der Waals surface area contributed by atoms with Gasteiger partial charge in [0.2, 0.25) is 0 Å². The van der Waals surface area contributed by atoms with Crippen molar-refractivity contribution < 1.29 is 9.47 Å². The molecule has 0 heterocycles. The zero-order valence-corrected chi connectivity index (χ0v) is 16.4. The van der Waals surface area contributed by atoms with Crippen LogP contribution in [-0.4, -0.2) is 14.2 Å². The minimum atomic E-state index is 0.183. The summed E-state index contributed by atoms with van der Waals surface area (Å²) < 4.78 is 10.8. The van der Waals surface area contributed by atoms with E-state index >= 15 is 0 Å². The topological polar surface area (TPSA) is 54.3 Å². The van der Waals surface area contributed by atoms with Gasteiger partial charge in [-0.2, -0.15) is 5.26 Å². The van der Waals surface area contributed by atoms with E-state index in [4.69, 9.17) is 9.47 Å². The van der Waals surface area contributed by atoms with E-state index in [1.54, 1.807) is 20.3 Å². The van der Waals surface area contributed by atoms with E-state index in [0.717, 1.165) is 28.2 Å². The van der Waals surface area contributed by atoms with Crippen molar-refractivity contribution in [2.75, 3.05) is 14.2 Å². The third-order valence-corrected chi connectivity index (χ3v) is 4.77. The summed E-state index contributed by atoms with van der Waals surface area (Å²) in [5, 5.41) is 12.7. The fraction of sp³-hybridized carbons (Fsp3) is 0.208. The summed E-state index contributed by atoms with van der Waals surface area (Å²) in [5.41, 5.74) is 4.91. The van der Waals surface area contributed by atoms with Crippen molar-refractivity contribution in [1.29, 1.82) is 5.26 Å². The summed E-state index contributed by atoms with van der Waals surface area (Å²) in [6, 6.07) is 24.2. The Labute approximate surface area is 166 Å². The van der Waals surface area contributed by atoms with Crippen molar-refractivity contribution in [2.45, 2.75) is 19.5 Å². The van der Waals surface area contributed by atoms with Crippen LogP contribution in [0.3, 0.4) is 0 Å². The molecule has 3 aromatic carbocycles. The van der Waals surface area contributed by atoms with Crippen LogP contribution in [0.25, 0.3) is 11.1 Å². The molecule has 0 amide bonds. The van der Waals surface area contributed by atoms with E-state index < -0.39 is 0 Å². The van der Waals surface area contributed by atoms with E-state index in [9.17, 15) is 5.26 Å². The van der Waals surface area contributed by atoms with Gasteiger partial charge in [-0.15, -0.1) is 0 Å². The smallest absolute Gasteiger partial charge is 0.126 e. The van der Waals surface area contributed by atoms with Crippen LogP contribution in [0.4, 0.5) is 0 Å². The maximum Gasteiger partial charge on any atom is 0.126 e. The van der Waals surface area contributed by atoms with Crippen LogP contribution < -0.4 is 14.8 Å². The molecule has 0 fully saturated rings. The average molecular weight is 372 g/mol. The number of rotatable bonds is 7. The monoisotopic (exact) mass is 372 g/mol. The van der Waals surface area contributed by atoms with Gasteiger partial charge in [-0.3, -0.25) is 0 Å². The lowest BCUT2D eigenvalue weighted by Crippen LogP contribution is -2.18. The second-order valence-corrected chi connectivity index (χ2v) is 6.61. The molecule has 1 atom stereocenters. The zero-order chi connectivity index (χ0) is 19.9. The Bertz CT molecular complexity index is 992. The Morgan fingerprint density at radius 3 is 2.54 bits per heavy atom. The van der Waals surface area contributed by atoms with E-state index in [-0.39, 0.29) is 6.04 Å². The van der Waals surface area contributed by atoms with Gasteiger partial charge in [0.25, 0.3) is 0 Å². The molecule has 0 spiro atoms. The molecule has 3 aromatic rings. The highest BCUT2D eigenvalue weighted by atomic mass is 16.5. The first-order valence-electron chi connectivity index (χ1n) is 9.19. The number of nitrogens with zero attached hydrogens (tertiary/aromatic N) is 1. The number of ether oxygens (including phenoxy) is 2. The van der Waals surface area contributed by atoms with Gasteiger partial charge in [0, 0.05) is 18.2 Å². The Morgan fingerprint density at radius 2 is 1.79 bits per heavy atom. The first kappa shape index (κ1) is 19.5. The highest BCUT2D eigenvalue weighted by Gasteiger charge is 2.10. The van der Waals surface area contributed by atoms with Gasteiger partial charge < -0.3 is 14.8 Å².